The number of amides is 1. The van der Waals surface area contributed by atoms with Gasteiger partial charge in [0, 0.05) is 12.6 Å². The summed E-state index contributed by atoms with van der Waals surface area (Å²) in [6.45, 7) is 0. The predicted molar refractivity (Wildman–Crippen MR) is 75.7 cm³/mol. The second-order valence-electron chi connectivity index (χ2n) is 4.60. The summed E-state index contributed by atoms with van der Waals surface area (Å²) in [6, 6.07) is 0. The fraction of sp³-hybridized carbons (Fsp3) is 0.333. The fourth-order valence-corrected chi connectivity index (χ4v) is 2.78. The van der Waals surface area contributed by atoms with Crippen molar-refractivity contribution in [2.45, 2.75) is 19.3 Å². The summed E-state index contributed by atoms with van der Waals surface area (Å²) >= 11 is 3.08. The molecule has 0 aliphatic heterocycles. The van der Waals surface area contributed by atoms with E-state index in [1.807, 2.05) is 0 Å². The maximum atomic E-state index is 12.2. The first-order chi connectivity index (χ1) is 9.58. The van der Waals surface area contributed by atoms with Gasteiger partial charge in [-0.05, 0) is 35.2 Å². The normalized spacial score (nSPS) is 13.3. The fourth-order valence-electron chi connectivity index (χ4n) is 2.38. The Morgan fingerprint density at radius 3 is 3.10 bits per heavy atom. The molecule has 2 aromatic heterocycles. The van der Waals surface area contributed by atoms with Crippen LogP contribution in [0.4, 0.5) is 5.82 Å². The third-order valence-corrected chi connectivity index (χ3v) is 4.05. The van der Waals surface area contributed by atoms with Gasteiger partial charge in [-0.3, -0.25) is 14.3 Å². The SMILES string of the molecule is Cn1nc2c(c1NC(=O)c1nc[nH]c(=O)c1Br)CCC2. The van der Waals surface area contributed by atoms with Crippen molar-refractivity contribution in [3.63, 3.8) is 0 Å². The Hall–Kier alpha value is -1.96. The van der Waals surface area contributed by atoms with Crippen LogP contribution in [0.5, 0.6) is 0 Å². The first kappa shape index (κ1) is 13.0. The van der Waals surface area contributed by atoms with Crippen molar-refractivity contribution in [2.24, 2.45) is 7.05 Å². The molecule has 7 nitrogen and oxygen atoms in total. The number of nitrogens with zero attached hydrogens (tertiary/aromatic N) is 3. The molecule has 3 rings (SSSR count). The summed E-state index contributed by atoms with van der Waals surface area (Å²) < 4.78 is 1.78. The number of hydrogen-bond acceptors (Lipinski definition) is 4. The number of fused-ring (bicyclic) bond motifs is 1. The molecule has 0 unspecified atom stereocenters. The molecule has 1 amide bonds. The van der Waals surface area contributed by atoms with Crippen molar-refractivity contribution in [1.82, 2.24) is 19.7 Å². The lowest BCUT2D eigenvalue weighted by atomic mass is 10.2. The second-order valence-corrected chi connectivity index (χ2v) is 5.39. The molecule has 0 aromatic carbocycles. The molecule has 1 aliphatic carbocycles. The minimum Gasteiger partial charge on any atom is -0.312 e. The van der Waals surface area contributed by atoms with E-state index in [2.05, 4.69) is 36.3 Å². The lowest BCUT2D eigenvalue weighted by molar-refractivity contribution is 0.102. The predicted octanol–water partition coefficient (Wildman–Crippen LogP) is 1.01. The Bertz CT molecular complexity index is 749. The molecule has 0 spiro atoms. The van der Waals surface area contributed by atoms with Crippen LogP contribution in [0.15, 0.2) is 15.6 Å². The van der Waals surface area contributed by atoms with Gasteiger partial charge in [0.2, 0.25) is 0 Å². The highest BCUT2D eigenvalue weighted by Crippen LogP contribution is 2.28. The number of H-pyrrole nitrogens is 1. The van der Waals surface area contributed by atoms with E-state index in [9.17, 15) is 9.59 Å². The van der Waals surface area contributed by atoms with Crippen LogP contribution in [0.1, 0.15) is 28.2 Å². The summed E-state index contributed by atoms with van der Waals surface area (Å²) in [7, 11) is 1.79. The highest BCUT2D eigenvalue weighted by Gasteiger charge is 2.23. The Morgan fingerprint density at radius 2 is 2.30 bits per heavy atom. The number of hydrogen-bond donors (Lipinski definition) is 2. The number of aryl methyl sites for hydroxylation is 2. The van der Waals surface area contributed by atoms with Crippen molar-refractivity contribution < 1.29 is 4.79 Å². The molecule has 0 fully saturated rings. The second kappa shape index (κ2) is 4.86. The molecule has 104 valence electrons. The molecule has 8 heteroatoms. The van der Waals surface area contributed by atoms with Crippen molar-refractivity contribution in [3.05, 3.63) is 38.1 Å². The molecule has 0 saturated carbocycles. The summed E-state index contributed by atoms with van der Waals surface area (Å²) in [6.07, 6.45) is 4.10. The van der Waals surface area contributed by atoms with Gasteiger partial charge in [0.25, 0.3) is 11.5 Å². The van der Waals surface area contributed by atoms with E-state index in [-0.39, 0.29) is 15.7 Å². The van der Waals surface area contributed by atoms with Crippen LogP contribution in [-0.2, 0) is 19.9 Å². The van der Waals surface area contributed by atoms with Crippen LogP contribution in [0.3, 0.4) is 0 Å². The van der Waals surface area contributed by atoms with Crippen LogP contribution < -0.4 is 10.9 Å². The van der Waals surface area contributed by atoms with Gasteiger partial charge in [0.1, 0.15) is 16.0 Å². The lowest BCUT2D eigenvalue weighted by Crippen LogP contribution is -2.21. The van der Waals surface area contributed by atoms with Crippen LogP contribution in [0.25, 0.3) is 0 Å². The number of carbonyl (C=O) groups is 1. The number of carbonyl (C=O) groups excluding carboxylic acids is 1. The quantitative estimate of drug-likeness (QED) is 0.855. The summed E-state index contributed by atoms with van der Waals surface area (Å²) in [4.78, 5) is 30.0. The highest BCUT2D eigenvalue weighted by atomic mass is 79.9. The zero-order valence-electron chi connectivity index (χ0n) is 10.7. The molecule has 1 aliphatic rings. The van der Waals surface area contributed by atoms with Gasteiger partial charge < -0.3 is 10.3 Å². The Balaban J connectivity index is 1.94. The van der Waals surface area contributed by atoms with Crippen molar-refractivity contribution in [1.29, 1.82) is 0 Å². The summed E-state index contributed by atoms with van der Waals surface area (Å²) in [5, 5.41) is 7.17. The Labute approximate surface area is 122 Å². The molecule has 0 atom stereocenters. The number of aromatic nitrogens is 4. The molecule has 0 bridgehead atoms. The molecule has 2 N–H and O–H groups in total. The smallest absolute Gasteiger partial charge is 0.276 e. The molecule has 0 radical (unpaired) electrons. The highest BCUT2D eigenvalue weighted by molar-refractivity contribution is 9.10. The average molecular weight is 338 g/mol. The van der Waals surface area contributed by atoms with E-state index in [0.29, 0.717) is 5.82 Å². The number of rotatable bonds is 2. The first-order valence-corrected chi connectivity index (χ1v) is 6.96. The maximum Gasteiger partial charge on any atom is 0.276 e. The standard InChI is InChI=1S/C12H12BrN5O2/c1-18-10(6-3-2-4-7(6)17-18)16-12(20)9-8(13)11(19)15-5-14-9/h5H,2-4H2,1H3,(H,16,20)(H,14,15,19). The molecule has 2 aromatic rings. The van der Waals surface area contributed by atoms with Gasteiger partial charge in [-0.2, -0.15) is 5.10 Å². The van der Waals surface area contributed by atoms with Crippen LogP contribution >= 0.6 is 15.9 Å². The minimum absolute atomic E-state index is 0.0571. The van der Waals surface area contributed by atoms with Crippen molar-refractivity contribution >= 4 is 27.7 Å². The first-order valence-electron chi connectivity index (χ1n) is 6.17. The van der Waals surface area contributed by atoms with E-state index in [1.165, 1.54) is 6.33 Å². The number of nitrogens with one attached hydrogen (secondary N) is 2. The third kappa shape index (κ3) is 2.05. The Morgan fingerprint density at radius 1 is 1.50 bits per heavy atom. The zero-order valence-corrected chi connectivity index (χ0v) is 12.3. The van der Waals surface area contributed by atoms with Crippen molar-refractivity contribution in [3.8, 4) is 0 Å². The van der Waals surface area contributed by atoms with Crippen molar-refractivity contribution in [2.75, 3.05) is 5.32 Å². The largest absolute Gasteiger partial charge is 0.312 e. The maximum absolute atomic E-state index is 12.2. The van der Waals surface area contributed by atoms with Crippen LogP contribution in [-0.4, -0.2) is 25.7 Å². The zero-order chi connectivity index (χ0) is 14.3. The van der Waals surface area contributed by atoms with Gasteiger partial charge in [-0.25, -0.2) is 4.98 Å². The number of aromatic amines is 1. The van der Waals surface area contributed by atoms with E-state index >= 15 is 0 Å². The Kier molecular flexibility index (Phi) is 3.17. The summed E-state index contributed by atoms with van der Waals surface area (Å²) in [5.74, 6) is 0.247. The molecular formula is C12H12BrN5O2. The van der Waals surface area contributed by atoms with E-state index < -0.39 is 5.91 Å². The van der Waals surface area contributed by atoms with E-state index in [1.54, 1.807) is 11.7 Å². The topological polar surface area (TPSA) is 92.7 Å². The molecular weight excluding hydrogens is 326 g/mol. The molecule has 20 heavy (non-hydrogen) atoms. The number of halogens is 1. The van der Waals surface area contributed by atoms with Gasteiger partial charge in [-0.15, -0.1) is 0 Å². The van der Waals surface area contributed by atoms with Gasteiger partial charge in [-0.1, -0.05) is 0 Å². The average Bonchev–Trinajstić information content (AvgIpc) is 2.96. The summed E-state index contributed by atoms with van der Waals surface area (Å²) in [5.41, 5.74) is 1.77. The van der Waals surface area contributed by atoms with E-state index in [4.69, 9.17) is 0 Å². The van der Waals surface area contributed by atoms with Gasteiger partial charge in [0.05, 0.1) is 12.0 Å². The van der Waals surface area contributed by atoms with Crippen LogP contribution in [0, 0.1) is 0 Å². The van der Waals surface area contributed by atoms with Gasteiger partial charge >= 0.3 is 0 Å². The molecule has 0 saturated heterocycles. The van der Waals surface area contributed by atoms with E-state index in [0.717, 1.165) is 30.5 Å². The monoisotopic (exact) mass is 337 g/mol. The lowest BCUT2D eigenvalue weighted by Gasteiger charge is -2.07. The third-order valence-electron chi connectivity index (χ3n) is 3.31. The van der Waals surface area contributed by atoms with Gasteiger partial charge in [0.15, 0.2) is 0 Å². The van der Waals surface area contributed by atoms with Crippen LogP contribution in [0.2, 0.25) is 0 Å². The molecule has 2 heterocycles. The minimum atomic E-state index is -0.430. The number of anilines is 1.